The van der Waals surface area contributed by atoms with Gasteiger partial charge in [-0.3, -0.25) is 0 Å². The van der Waals surface area contributed by atoms with Crippen molar-refractivity contribution < 1.29 is 9.73 Å². The van der Waals surface area contributed by atoms with Crippen LogP contribution in [0.3, 0.4) is 0 Å². The Morgan fingerprint density at radius 3 is 2.88 bits per heavy atom. The van der Waals surface area contributed by atoms with E-state index in [0.29, 0.717) is 22.0 Å². The highest BCUT2D eigenvalue weighted by molar-refractivity contribution is 9.10. The maximum absolute atomic E-state index is 9.16. The summed E-state index contributed by atoms with van der Waals surface area (Å²) in [7, 11) is 0. The largest absolute Gasteiger partial charge is 0.411 e. The van der Waals surface area contributed by atoms with Gasteiger partial charge in [0.05, 0.1) is 0 Å². The number of halogens is 1. The molecule has 1 aromatic heterocycles. The molecule has 1 unspecified atom stereocenters. The van der Waals surface area contributed by atoms with Crippen LogP contribution in [0.15, 0.2) is 20.3 Å². The van der Waals surface area contributed by atoms with Crippen molar-refractivity contribution in [3.63, 3.8) is 0 Å². The van der Waals surface area contributed by atoms with E-state index in [2.05, 4.69) is 38.5 Å². The van der Waals surface area contributed by atoms with Gasteiger partial charge in [0.2, 0.25) is 0 Å². The molecule has 0 amide bonds. The minimum absolute atomic E-state index is 0.168. The molecule has 0 spiro atoms. The average Bonchev–Trinajstić information content (AvgIpc) is 2.78. The van der Waals surface area contributed by atoms with E-state index in [1.165, 1.54) is 0 Å². The first kappa shape index (κ1) is 12.6. The normalized spacial score (nSPS) is 20.5. The van der Waals surface area contributed by atoms with E-state index in [-0.39, 0.29) is 5.92 Å². The molecule has 1 aliphatic rings. The van der Waals surface area contributed by atoms with E-state index in [1.807, 2.05) is 0 Å². The van der Waals surface area contributed by atoms with Crippen molar-refractivity contribution in [1.29, 1.82) is 0 Å². The maximum Gasteiger partial charge on any atom is 0.185 e. The third-order valence-corrected chi connectivity index (χ3v) is 3.74. The number of rotatable bonds is 3. The first-order chi connectivity index (χ1) is 8.22. The Morgan fingerprint density at radius 2 is 2.35 bits per heavy atom. The van der Waals surface area contributed by atoms with Crippen molar-refractivity contribution in [2.24, 2.45) is 17.0 Å². The number of piperidine rings is 1. The third kappa shape index (κ3) is 2.87. The van der Waals surface area contributed by atoms with Crippen molar-refractivity contribution in [1.82, 2.24) is 10.5 Å². The van der Waals surface area contributed by atoms with Crippen LogP contribution < -0.4 is 5.32 Å². The molecule has 17 heavy (non-hydrogen) atoms. The Balaban J connectivity index is 2.12. The van der Waals surface area contributed by atoms with Crippen LogP contribution in [0.2, 0.25) is 0 Å². The summed E-state index contributed by atoms with van der Waals surface area (Å²) in [4.78, 5) is 0. The predicted octanol–water partition coefficient (Wildman–Crippen LogP) is 2.25. The summed E-state index contributed by atoms with van der Waals surface area (Å²) in [6.45, 7) is 4.11. The lowest BCUT2D eigenvalue weighted by molar-refractivity contribution is 0.289. The topological polar surface area (TPSA) is 70.7 Å². The van der Waals surface area contributed by atoms with Gasteiger partial charge in [-0.2, -0.15) is 0 Å². The highest BCUT2D eigenvalue weighted by Gasteiger charge is 2.27. The van der Waals surface area contributed by atoms with E-state index in [4.69, 9.17) is 9.73 Å². The number of nitrogens with zero attached hydrogens (tertiary/aromatic N) is 2. The lowest BCUT2D eigenvalue weighted by Gasteiger charge is -2.27. The molecule has 0 bridgehead atoms. The minimum Gasteiger partial charge on any atom is -0.411 e. The lowest BCUT2D eigenvalue weighted by Crippen LogP contribution is -2.33. The molecule has 0 aliphatic carbocycles. The molecule has 1 aromatic rings. The number of hydrogen-bond acceptors (Lipinski definition) is 5. The molecule has 1 saturated heterocycles. The van der Waals surface area contributed by atoms with Crippen LogP contribution in [-0.4, -0.2) is 29.2 Å². The summed E-state index contributed by atoms with van der Waals surface area (Å²) < 4.78 is 5.74. The van der Waals surface area contributed by atoms with E-state index in [1.54, 1.807) is 6.07 Å². The van der Waals surface area contributed by atoms with Crippen LogP contribution in [0.25, 0.3) is 0 Å². The minimum atomic E-state index is 0.168. The van der Waals surface area contributed by atoms with Crippen molar-refractivity contribution >= 4 is 21.6 Å². The van der Waals surface area contributed by atoms with Gasteiger partial charge in [0.1, 0.15) is 10.3 Å². The first-order valence-electron chi connectivity index (χ1n) is 5.77. The molecular formula is C11H16BrN3O2. The average molecular weight is 302 g/mol. The molecule has 2 heterocycles. The van der Waals surface area contributed by atoms with Crippen LogP contribution in [0.5, 0.6) is 0 Å². The molecule has 0 radical (unpaired) electrons. The van der Waals surface area contributed by atoms with Crippen LogP contribution >= 0.6 is 15.9 Å². The summed E-state index contributed by atoms with van der Waals surface area (Å²) in [6.07, 6.45) is 2.19. The molecule has 5 nitrogen and oxygen atoms in total. The van der Waals surface area contributed by atoms with Crippen LogP contribution in [-0.2, 0) is 0 Å². The lowest BCUT2D eigenvalue weighted by atomic mass is 9.82. The fraction of sp³-hybridized carbons (Fsp3) is 0.636. The molecule has 0 saturated carbocycles. The monoisotopic (exact) mass is 301 g/mol. The second-order valence-corrected chi connectivity index (χ2v) is 5.19. The first-order valence-corrected chi connectivity index (χ1v) is 6.57. The SMILES string of the molecule is CC(C(=NO)c1cc(Br)no1)C1CCNCC1. The van der Waals surface area contributed by atoms with E-state index in [9.17, 15) is 0 Å². The Kier molecular flexibility index (Phi) is 4.17. The van der Waals surface area contributed by atoms with Gasteiger partial charge in [0.25, 0.3) is 0 Å². The zero-order valence-corrected chi connectivity index (χ0v) is 11.3. The zero-order chi connectivity index (χ0) is 12.3. The zero-order valence-electron chi connectivity index (χ0n) is 9.69. The molecule has 2 rings (SSSR count). The van der Waals surface area contributed by atoms with E-state index >= 15 is 0 Å². The summed E-state index contributed by atoms with van der Waals surface area (Å²) in [6, 6.07) is 1.73. The predicted molar refractivity (Wildman–Crippen MR) is 67.3 cm³/mol. The Bertz CT molecular complexity index is 399. The molecule has 1 fully saturated rings. The van der Waals surface area contributed by atoms with Gasteiger partial charge in [0, 0.05) is 12.0 Å². The second kappa shape index (κ2) is 5.64. The Morgan fingerprint density at radius 1 is 1.65 bits per heavy atom. The second-order valence-electron chi connectivity index (χ2n) is 4.38. The van der Waals surface area contributed by atoms with Crippen molar-refractivity contribution in [3.8, 4) is 0 Å². The highest BCUT2D eigenvalue weighted by atomic mass is 79.9. The number of aromatic nitrogens is 1. The number of hydrogen-bond donors (Lipinski definition) is 2. The Labute approximate surface area is 108 Å². The van der Waals surface area contributed by atoms with Gasteiger partial charge in [-0.05, 0) is 47.8 Å². The van der Waals surface area contributed by atoms with Gasteiger partial charge in [-0.25, -0.2) is 0 Å². The van der Waals surface area contributed by atoms with E-state index < -0.39 is 0 Å². The molecule has 1 aliphatic heterocycles. The maximum atomic E-state index is 9.16. The number of oxime groups is 1. The molecule has 94 valence electrons. The summed E-state index contributed by atoms with van der Waals surface area (Å²) in [5.41, 5.74) is 0.579. The summed E-state index contributed by atoms with van der Waals surface area (Å²) in [5, 5.41) is 19.6. The fourth-order valence-electron chi connectivity index (χ4n) is 2.31. The van der Waals surface area contributed by atoms with Gasteiger partial charge in [0.15, 0.2) is 5.76 Å². The standard InChI is InChI=1S/C11H16BrN3O2/c1-7(8-2-4-13-5-3-8)11(14-16)9-6-10(12)15-17-9/h6-8,13,16H,2-5H2,1H3. The molecule has 0 aromatic carbocycles. The number of nitrogens with one attached hydrogen (secondary N) is 1. The molecule has 1 atom stereocenters. The van der Waals surface area contributed by atoms with Crippen LogP contribution in [0, 0.1) is 11.8 Å². The molecule has 2 N–H and O–H groups in total. The van der Waals surface area contributed by atoms with Crippen molar-refractivity contribution in [2.45, 2.75) is 19.8 Å². The van der Waals surface area contributed by atoms with Gasteiger partial charge >= 0.3 is 0 Å². The van der Waals surface area contributed by atoms with Gasteiger partial charge < -0.3 is 15.0 Å². The van der Waals surface area contributed by atoms with Gasteiger partial charge in [-0.1, -0.05) is 17.2 Å². The van der Waals surface area contributed by atoms with Gasteiger partial charge in [-0.15, -0.1) is 0 Å². The smallest absolute Gasteiger partial charge is 0.185 e. The molecule has 6 heteroatoms. The molecular weight excluding hydrogens is 286 g/mol. The summed E-state index contributed by atoms with van der Waals surface area (Å²) >= 11 is 3.22. The quantitative estimate of drug-likeness (QED) is 0.510. The van der Waals surface area contributed by atoms with Crippen molar-refractivity contribution in [2.75, 3.05) is 13.1 Å². The Hall–Kier alpha value is -0.880. The fourth-order valence-corrected chi connectivity index (χ4v) is 2.59. The van der Waals surface area contributed by atoms with Crippen LogP contribution in [0.4, 0.5) is 0 Å². The van der Waals surface area contributed by atoms with Crippen molar-refractivity contribution in [3.05, 3.63) is 16.4 Å². The van der Waals surface area contributed by atoms with E-state index in [0.717, 1.165) is 25.9 Å². The summed E-state index contributed by atoms with van der Waals surface area (Å²) in [5.74, 6) is 1.22. The highest BCUT2D eigenvalue weighted by Crippen LogP contribution is 2.26. The third-order valence-electron chi connectivity index (χ3n) is 3.36. The van der Waals surface area contributed by atoms with Crippen LogP contribution in [0.1, 0.15) is 25.5 Å².